The van der Waals surface area contributed by atoms with Crippen molar-refractivity contribution in [1.29, 1.82) is 0 Å². The molecule has 1 aliphatic rings. The third-order valence-corrected chi connectivity index (χ3v) is 3.93. The minimum Gasteiger partial charge on any atom is -0.481 e. The molecule has 2 heterocycles. The summed E-state index contributed by atoms with van der Waals surface area (Å²) < 4.78 is 5.88. The van der Waals surface area contributed by atoms with Gasteiger partial charge in [-0.3, -0.25) is 4.79 Å². The van der Waals surface area contributed by atoms with Crippen molar-refractivity contribution in [2.24, 2.45) is 0 Å². The molecule has 1 aromatic carbocycles. The number of benzene rings is 1. The van der Waals surface area contributed by atoms with E-state index in [0.717, 1.165) is 17.6 Å². The van der Waals surface area contributed by atoms with E-state index in [-0.39, 0.29) is 6.42 Å². The van der Waals surface area contributed by atoms with Gasteiger partial charge in [0.1, 0.15) is 5.60 Å². The standard InChI is InChI=1S/C15H17NO3/c1-15(8-6-13(17)18)14-11(7-9-19-15)10-4-2-3-5-12(10)16-14/h2-5,16H,6-9H2,1H3,(H,17,18)/t15-/m0/s1. The van der Waals surface area contributed by atoms with Crippen molar-refractivity contribution in [2.75, 3.05) is 6.61 Å². The zero-order valence-electron chi connectivity index (χ0n) is 10.9. The largest absolute Gasteiger partial charge is 0.481 e. The van der Waals surface area contributed by atoms with Gasteiger partial charge in [-0.1, -0.05) is 18.2 Å². The van der Waals surface area contributed by atoms with E-state index in [4.69, 9.17) is 9.84 Å². The predicted molar refractivity (Wildman–Crippen MR) is 72.2 cm³/mol. The first-order valence-corrected chi connectivity index (χ1v) is 6.56. The van der Waals surface area contributed by atoms with E-state index in [1.807, 2.05) is 25.1 Å². The smallest absolute Gasteiger partial charge is 0.303 e. The van der Waals surface area contributed by atoms with Crippen LogP contribution in [0.4, 0.5) is 0 Å². The molecule has 1 aliphatic heterocycles. The Hall–Kier alpha value is -1.81. The van der Waals surface area contributed by atoms with Crippen LogP contribution < -0.4 is 0 Å². The molecule has 19 heavy (non-hydrogen) atoms. The van der Waals surface area contributed by atoms with E-state index < -0.39 is 11.6 Å². The lowest BCUT2D eigenvalue weighted by Crippen LogP contribution is -2.33. The Bertz CT molecular complexity index is 631. The molecule has 100 valence electrons. The van der Waals surface area contributed by atoms with Crippen LogP contribution in [0.5, 0.6) is 0 Å². The number of hydrogen-bond donors (Lipinski definition) is 2. The molecule has 1 atom stereocenters. The lowest BCUT2D eigenvalue weighted by atomic mass is 9.89. The lowest BCUT2D eigenvalue weighted by molar-refractivity contribution is -0.139. The summed E-state index contributed by atoms with van der Waals surface area (Å²) in [5.74, 6) is -0.784. The number of para-hydroxylation sites is 1. The van der Waals surface area contributed by atoms with Gasteiger partial charge >= 0.3 is 5.97 Å². The molecule has 4 heteroatoms. The average Bonchev–Trinajstić information content (AvgIpc) is 2.78. The van der Waals surface area contributed by atoms with Gasteiger partial charge in [0.05, 0.1) is 12.3 Å². The van der Waals surface area contributed by atoms with E-state index in [9.17, 15) is 4.79 Å². The SMILES string of the molecule is C[C@@]1(CCC(=O)O)OCCc2c1[nH]c1ccccc21. The maximum Gasteiger partial charge on any atom is 0.303 e. The summed E-state index contributed by atoms with van der Waals surface area (Å²) in [6.45, 7) is 2.62. The number of carbonyl (C=O) groups is 1. The highest BCUT2D eigenvalue weighted by molar-refractivity contribution is 5.85. The van der Waals surface area contributed by atoms with Gasteiger partial charge in [0.15, 0.2) is 0 Å². The van der Waals surface area contributed by atoms with E-state index in [1.54, 1.807) is 0 Å². The Morgan fingerprint density at radius 2 is 2.26 bits per heavy atom. The number of fused-ring (bicyclic) bond motifs is 3. The third-order valence-electron chi connectivity index (χ3n) is 3.93. The van der Waals surface area contributed by atoms with Gasteiger partial charge in [-0.05, 0) is 31.4 Å². The first kappa shape index (κ1) is 12.2. The van der Waals surface area contributed by atoms with E-state index in [2.05, 4.69) is 11.1 Å². The zero-order valence-corrected chi connectivity index (χ0v) is 10.9. The molecule has 0 saturated heterocycles. The number of carboxylic acid groups (broad SMARTS) is 1. The topological polar surface area (TPSA) is 62.3 Å². The highest BCUT2D eigenvalue weighted by Gasteiger charge is 2.36. The third kappa shape index (κ3) is 2.02. The first-order valence-electron chi connectivity index (χ1n) is 6.56. The number of aromatic amines is 1. The Kier molecular flexibility index (Phi) is 2.82. The van der Waals surface area contributed by atoms with Crippen LogP contribution in [-0.2, 0) is 21.6 Å². The maximum atomic E-state index is 10.8. The molecule has 1 aromatic heterocycles. The molecular formula is C15H17NO3. The summed E-state index contributed by atoms with van der Waals surface area (Å²) in [5.41, 5.74) is 2.89. The molecule has 4 nitrogen and oxygen atoms in total. The summed E-state index contributed by atoms with van der Waals surface area (Å²) in [7, 11) is 0. The molecule has 3 rings (SSSR count). The second kappa shape index (κ2) is 4.38. The minimum atomic E-state index is -0.784. The highest BCUT2D eigenvalue weighted by atomic mass is 16.5. The van der Waals surface area contributed by atoms with Gasteiger partial charge in [-0.15, -0.1) is 0 Å². The monoisotopic (exact) mass is 259 g/mol. The maximum absolute atomic E-state index is 10.8. The van der Waals surface area contributed by atoms with Crippen molar-refractivity contribution in [3.05, 3.63) is 35.5 Å². The van der Waals surface area contributed by atoms with Crippen molar-refractivity contribution in [2.45, 2.75) is 31.8 Å². The Morgan fingerprint density at radius 3 is 3.05 bits per heavy atom. The van der Waals surface area contributed by atoms with Crippen LogP contribution in [0, 0.1) is 0 Å². The van der Waals surface area contributed by atoms with Crippen LogP contribution in [0.2, 0.25) is 0 Å². The number of H-pyrrole nitrogens is 1. The zero-order chi connectivity index (χ0) is 13.5. The van der Waals surface area contributed by atoms with E-state index in [0.29, 0.717) is 13.0 Å². The number of ether oxygens (including phenoxy) is 1. The number of aromatic nitrogens is 1. The number of carboxylic acids is 1. The van der Waals surface area contributed by atoms with Crippen LogP contribution in [-0.4, -0.2) is 22.7 Å². The molecule has 0 unspecified atom stereocenters. The van der Waals surface area contributed by atoms with Gasteiger partial charge in [-0.25, -0.2) is 0 Å². The Balaban J connectivity index is 2.06. The molecule has 0 bridgehead atoms. The molecule has 0 fully saturated rings. The van der Waals surface area contributed by atoms with Crippen molar-refractivity contribution < 1.29 is 14.6 Å². The van der Waals surface area contributed by atoms with E-state index >= 15 is 0 Å². The fourth-order valence-corrected chi connectivity index (χ4v) is 2.90. The van der Waals surface area contributed by atoms with Crippen molar-refractivity contribution in [3.8, 4) is 0 Å². The minimum absolute atomic E-state index is 0.116. The average molecular weight is 259 g/mol. The van der Waals surface area contributed by atoms with Gasteiger partial charge in [0.25, 0.3) is 0 Å². The summed E-state index contributed by atoms with van der Waals surface area (Å²) in [5, 5.41) is 10.1. The fraction of sp³-hybridized carbons (Fsp3) is 0.400. The Morgan fingerprint density at radius 1 is 1.47 bits per heavy atom. The molecular weight excluding hydrogens is 242 g/mol. The van der Waals surface area contributed by atoms with Crippen molar-refractivity contribution in [3.63, 3.8) is 0 Å². The second-order valence-electron chi connectivity index (χ2n) is 5.25. The molecule has 2 aromatic rings. The lowest BCUT2D eigenvalue weighted by Gasteiger charge is -2.33. The van der Waals surface area contributed by atoms with Crippen molar-refractivity contribution >= 4 is 16.9 Å². The number of hydrogen-bond acceptors (Lipinski definition) is 2. The number of nitrogens with one attached hydrogen (secondary N) is 1. The molecule has 2 N–H and O–H groups in total. The highest BCUT2D eigenvalue weighted by Crippen LogP contribution is 2.39. The van der Waals surface area contributed by atoms with Crippen LogP contribution in [0.25, 0.3) is 10.9 Å². The summed E-state index contributed by atoms with van der Waals surface area (Å²) in [6.07, 6.45) is 1.48. The first-order chi connectivity index (χ1) is 9.10. The number of rotatable bonds is 3. The summed E-state index contributed by atoms with van der Waals surface area (Å²) in [4.78, 5) is 14.2. The van der Waals surface area contributed by atoms with Crippen LogP contribution >= 0.6 is 0 Å². The molecule has 0 aliphatic carbocycles. The summed E-state index contributed by atoms with van der Waals surface area (Å²) in [6, 6.07) is 8.18. The van der Waals surface area contributed by atoms with Crippen LogP contribution in [0.1, 0.15) is 31.0 Å². The van der Waals surface area contributed by atoms with Gasteiger partial charge < -0.3 is 14.8 Å². The van der Waals surface area contributed by atoms with Gasteiger partial charge in [0, 0.05) is 17.3 Å². The number of aliphatic carboxylic acids is 1. The van der Waals surface area contributed by atoms with E-state index in [1.165, 1.54) is 10.9 Å². The Labute approximate surface area is 111 Å². The molecule has 0 amide bonds. The van der Waals surface area contributed by atoms with Crippen LogP contribution in [0.15, 0.2) is 24.3 Å². The molecule has 0 saturated carbocycles. The fourth-order valence-electron chi connectivity index (χ4n) is 2.90. The van der Waals surface area contributed by atoms with Crippen LogP contribution in [0.3, 0.4) is 0 Å². The quantitative estimate of drug-likeness (QED) is 0.891. The molecule has 0 radical (unpaired) electrons. The summed E-state index contributed by atoms with van der Waals surface area (Å²) >= 11 is 0. The van der Waals surface area contributed by atoms with Gasteiger partial charge in [-0.2, -0.15) is 0 Å². The second-order valence-corrected chi connectivity index (χ2v) is 5.25. The van der Waals surface area contributed by atoms with Gasteiger partial charge in [0.2, 0.25) is 0 Å². The predicted octanol–water partition coefficient (Wildman–Crippen LogP) is 2.82. The normalized spacial score (nSPS) is 22.4. The van der Waals surface area contributed by atoms with Crippen molar-refractivity contribution in [1.82, 2.24) is 4.98 Å². The molecule has 0 spiro atoms.